The van der Waals surface area contributed by atoms with Crippen molar-refractivity contribution in [3.63, 3.8) is 0 Å². The van der Waals surface area contributed by atoms with Crippen LogP contribution in [0, 0.1) is 5.82 Å². The van der Waals surface area contributed by atoms with Crippen LogP contribution in [0.1, 0.15) is 32.0 Å². The van der Waals surface area contributed by atoms with Crippen molar-refractivity contribution in [2.24, 2.45) is 0 Å². The molecule has 0 radical (unpaired) electrons. The monoisotopic (exact) mass is 466 g/mol. The molecule has 1 aromatic heterocycles. The van der Waals surface area contributed by atoms with Gasteiger partial charge in [-0.3, -0.25) is 14.4 Å². The van der Waals surface area contributed by atoms with E-state index in [9.17, 15) is 23.6 Å². The summed E-state index contributed by atoms with van der Waals surface area (Å²) in [6.45, 7) is 0.0592. The van der Waals surface area contributed by atoms with E-state index in [1.54, 1.807) is 6.07 Å². The lowest BCUT2D eigenvalue weighted by molar-refractivity contribution is -0.122. The van der Waals surface area contributed by atoms with E-state index in [0.717, 1.165) is 9.78 Å². The number of carbonyl (C=O) groups excluding carboxylic acids is 4. The van der Waals surface area contributed by atoms with Gasteiger partial charge in [0.15, 0.2) is 0 Å². The van der Waals surface area contributed by atoms with Crippen LogP contribution in [0.15, 0.2) is 66.0 Å². The van der Waals surface area contributed by atoms with Gasteiger partial charge in [-0.15, -0.1) is 11.3 Å². The Morgan fingerprint density at radius 2 is 1.82 bits per heavy atom. The Labute approximate surface area is 193 Å². The smallest absolute Gasteiger partial charge is 0.337 e. The molecular weight excluding hydrogens is 447 g/mol. The molecule has 9 heteroatoms. The van der Waals surface area contributed by atoms with Crippen molar-refractivity contribution in [3.05, 3.63) is 87.9 Å². The number of esters is 1. The maximum atomic E-state index is 14.4. The van der Waals surface area contributed by atoms with Crippen molar-refractivity contribution in [1.82, 2.24) is 4.90 Å². The van der Waals surface area contributed by atoms with Crippen molar-refractivity contribution >= 4 is 40.7 Å². The molecule has 1 fully saturated rings. The first kappa shape index (κ1) is 22.3. The molecule has 7 nitrogen and oxygen atoms in total. The summed E-state index contributed by atoms with van der Waals surface area (Å²) >= 11 is 1.39. The molecule has 4 rings (SSSR count). The lowest BCUT2D eigenvalue weighted by Crippen LogP contribution is -2.45. The molecule has 168 valence electrons. The molecular formula is C24H19FN2O5S. The average molecular weight is 466 g/mol. The second-order valence-electron chi connectivity index (χ2n) is 7.32. The molecule has 3 amide bonds. The van der Waals surface area contributed by atoms with Crippen molar-refractivity contribution in [2.45, 2.75) is 19.0 Å². The molecule has 0 saturated carbocycles. The average Bonchev–Trinajstić information content (AvgIpc) is 3.44. The van der Waals surface area contributed by atoms with Gasteiger partial charge in [0.05, 0.1) is 36.9 Å². The zero-order chi connectivity index (χ0) is 23.5. The number of anilines is 1. The Kier molecular flexibility index (Phi) is 6.32. The van der Waals surface area contributed by atoms with Crippen LogP contribution in [0.5, 0.6) is 0 Å². The number of benzene rings is 2. The molecule has 33 heavy (non-hydrogen) atoms. The minimum atomic E-state index is -1.09. The summed E-state index contributed by atoms with van der Waals surface area (Å²) in [4.78, 5) is 54.1. The molecule has 1 atom stereocenters. The Bertz CT molecular complexity index is 1210. The van der Waals surface area contributed by atoms with Gasteiger partial charge in [0.25, 0.3) is 11.8 Å². The number of methoxy groups -OCH3 is 1. The first-order chi connectivity index (χ1) is 15.9. The molecule has 0 bridgehead atoms. The molecule has 1 saturated heterocycles. The predicted octanol–water partition coefficient (Wildman–Crippen LogP) is 3.65. The van der Waals surface area contributed by atoms with E-state index < -0.39 is 35.5 Å². The number of amides is 3. The fraction of sp³-hybridized carbons (Fsp3) is 0.167. The molecule has 1 aliphatic heterocycles. The van der Waals surface area contributed by atoms with Crippen LogP contribution in [-0.2, 0) is 20.9 Å². The van der Waals surface area contributed by atoms with Crippen molar-refractivity contribution in [3.8, 4) is 0 Å². The molecule has 2 heterocycles. The molecule has 3 aromatic rings. The molecule has 0 spiro atoms. The normalized spacial score (nSPS) is 15.6. The van der Waals surface area contributed by atoms with Crippen LogP contribution in [-0.4, -0.2) is 41.7 Å². The first-order valence-electron chi connectivity index (χ1n) is 10.0. The van der Waals surface area contributed by atoms with Gasteiger partial charge in [-0.1, -0.05) is 18.2 Å². The van der Waals surface area contributed by atoms with Crippen LogP contribution in [0.2, 0.25) is 0 Å². The fourth-order valence-electron chi connectivity index (χ4n) is 3.68. The van der Waals surface area contributed by atoms with Gasteiger partial charge < -0.3 is 9.64 Å². The second kappa shape index (κ2) is 9.33. The van der Waals surface area contributed by atoms with Gasteiger partial charge >= 0.3 is 5.97 Å². The van der Waals surface area contributed by atoms with Crippen LogP contribution in [0.3, 0.4) is 0 Å². The Morgan fingerprint density at radius 3 is 2.45 bits per heavy atom. The van der Waals surface area contributed by atoms with E-state index in [4.69, 9.17) is 0 Å². The zero-order valence-corrected chi connectivity index (χ0v) is 18.4. The number of rotatable bonds is 6. The Balaban J connectivity index is 1.65. The highest BCUT2D eigenvalue weighted by molar-refractivity contribution is 7.09. The highest BCUT2D eigenvalue weighted by Crippen LogP contribution is 2.29. The van der Waals surface area contributed by atoms with E-state index in [2.05, 4.69) is 4.74 Å². The summed E-state index contributed by atoms with van der Waals surface area (Å²) < 4.78 is 19.0. The van der Waals surface area contributed by atoms with Gasteiger partial charge in [-0.05, 0) is 47.8 Å². The quantitative estimate of drug-likeness (QED) is 0.409. The predicted molar refractivity (Wildman–Crippen MR) is 119 cm³/mol. The number of carbonyl (C=O) groups is 4. The lowest BCUT2D eigenvalue weighted by Gasteiger charge is -2.27. The molecule has 0 aliphatic carbocycles. The standard InChI is InChI=1S/C24H19FN2O5S/c1-32-24(31)15-8-10-16(11-9-15)27-21(28)13-20(23(27)30)26(14-17-5-4-12-33-17)22(29)18-6-2-3-7-19(18)25/h2-12,20H,13-14H2,1H3. The molecule has 1 aliphatic rings. The molecule has 0 N–H and O–H groups in total. The second-order valence-corrected chi connectivity index (χ2v) is 8.35. The minimum Gasteiger partial charge on any atom is -0.465 e. The van der Waals surface area contributed by atoms with Gasteiger partial charge in [0.1, 0.15) is 11.9 Å². The van der Waals surface area contributed by atoms with E-state index in [0.29, 0.717) is 0 Å². The van der Waals surface area contributed by atoms with Gasteiger partial charge in [0, 0.05) is 4.88 Å². The summed E-state index contributed by atoms with van der Waals surface area (Å²) in [5.41, 5.74) is 0.371. The van der Waals surface area contributed by atoms with Crippen LogP contribution >= 0.6 is 11.3 Å². The number of nitrogens with zero attached hydrogens (tertiary/aromatic N) is 2. The number of imide groups is 1. The topological polar surface area (TPSA) is 84.0 Å². The van der Waals surface area contributed by atoms with Crippen molar-refractivity contribution in [1.29, 1.82) is 0 Å². The largest absolute Gasteiger partial charge is 0.465 e. The minimum absolute atomic E-state index is 0.0592. The van der Waals surface area contributed by atoms with Crippen LogP contribution < -0.4 is 4.90 Å². The molecule has 2 aromatic carbocycles. The lowest BCUT2D eigenvalue weighted by atomic mass is 10.1. The summed E-state index contributed by atoms with van der Waals surface area (Å²) in [7, 11) is 1.25. The third-order valence-electron chi connectivity index (χ3n) is 5.32. The highest BCUT2D eigenvalue weighted by Gasteiger charge is 2.45. The summed E-state index contributed by atoms with van der Waals surface area (Å²) in [5, 5.41) is 1.83. The van der Waals surface area contributed by atoms with Crippen LogP contribution in [0.4, 0.5) is 10.1 Å². The van der Waals surface area contributed by atoms with E-state index in [-0.39, 0.29) is 29.8 Å². The number of ether oxygens (including phenoxy) is 1. The molecule has 1 unspecified atom stereocenters. The Hall–Kier alpha value is -3.85. The van der Waals surface area contributed by atoms with Crippen molar-refractivity contribution < 1.29 is 28.3 Å². The SMILES string of the molecule is COC(=O)c1ccc(N2C(=O)CC(N(Cc3cccs3)C(=O)c3ccccc3F)C2=O)cc1. The number of hydrogen-bond donors (Lipinski definition) is 0. The van der Waals surface area contributed by atoms with Gasteiger partial charge in [-0.25, -0.2) is 14.1 Å². The van der Waals surface area contributed by atoms with Crippen LogP contribution in [0.25, 0.3) is 0 Å². The first-order valence-corrected chi connectivity index (χ1v) is 10.9. The van der Waals surface area contributed by atoms with Gasteiger partial charge in [-0.2, -0.15) is 0 Å². The summed E-state index contributed by atoms with van der Waals surface area (Å²) in [6, 6.07) is 13.9. The third kappa shape index (κ3) is 4.40. The maximum absolute atomic E-state index is 14.4. The number of thiophene rings is 1. The Morgan fingerprint density at radius 1 is 1.09 bits per heavy atom. The van der Waals surface area contributed by atoms with E-state index in [1.807, 2.05) is 11.4 Å². The summed E-state index contributed by atoms with van der Waals surface area (Å²) in [6.07, 6.45) is -0.233. The number of halogens is 1. The number of hydrogen-bond acceptors (Lipinski definition) is 6. The van der Waals surface area contributed by atoms with Gasteiger partial charge in [0.2, 0.25) is 5.91 Å². The van der Waals surface area contributed by atoms with E-state index in [1.165, 1.54) is 71.9 Å². The zero-order valence-electron chi connectivity index (χ0n) is 17.6. The maximum Gasteiger partial charge on any atom is 0.337 e. The third-order valence-corrected chi connectivity index (χ3v) is 6.18. The van der Waals surface area contributed by atoms with E-state index >= 15 is 0 Å². The fourth-order valence-corrected chi connectivity index (χ4v) is 4.38. The summed E-state index contributed by atoms with van der Waals surface area (Å²) in [5.74, 6) is -3.00. The highest BCUT2D eigenvalue weighted by atomic mass is 32.1. The van der Waals surface area contributed by atoms with Crippen molar-refractivity contribution in [2.75, 3.05) is 12.0 Å².